The minimum atomic E-state index is -0.350. The number of H-pyrrole nitrogens is 1. The third-order valence-electron chi connectivity index (χ3n) is 7.25. The molecule has 0 bridgehead atoms. The van der Waals surface area contributed by atoms with Gasteiger partial charge in [-0.05, 0) is 47.9 Å². The Bertz CT molecular complexity index is 1540. The van der Waals surface area contributed by atoms with E-state index in [1.165, 1.54) is 11.1 Å². The monoisotopic (exact) mass is 513 g/mol. The maximum atomic E-state index is 12.0. The summed E-state index contributed by atoms with van der Waals surface area (Å²) < 4.78 is 1.79. The zero-order valence-electron chi connectivity index (χ0n) is 21.5. The number of hydrogen-bond donors (Lipinski definition) is 2. The van der Waals surface area contributed by atoms with Crippen LogP contribution in [0.5, 0.6) is 0 Å². The van der Waals surface area contributed by atoms with Gasteiger partial charge in [0, 0.05) is 30.6 Å². The Balaban J connectivity index is 1.38. The highest BCUT2D eigenvalue weighted by atomic mass is 32.2. The van der Waals surface area contributed by atoms with Crippen LogP contribution in [0.3, 0.4) is 0 Å². The topological polar surface area (TPSA) is 106 Å². The van der Waals surface area contributed by atoms with Gasteiger partial charge >= 0.3 is 0 Å². The fourth-order valence-electron chi connectivity index (χ4n) is 5.53. The summed E-state index contributed by atoms with van der Waals surface area (Å²) >= 11 is 1.59. The van der Waals surface area contributed by atoms with E-state index in [1.807, 2.05) is 31.7 Å². The van der Waals surface area contributed by atoms with Crippen molar-refractivity contribution in [3.63, 3.8) is 0 Å². The number of fused-ring (bicyclic) bond motifs is 2. The van der Waals surface area contributed by atoms with Crippen LogP contribution in [-0.2, 0) is 18.3 Å². The minimum Gasteiger partial charge on any atom is -0.365 e. The number of amides is 1. The molecule has 1 aromatic carbocycles. The summed E-state index contributed by atoms with van der Waals surface area (Å²) in [4.78, 5) is 27.7. The fraction of sp³-hybridized carbons (Fsp3) is 0.357. The molecule has 0 spiro atoms. The van der Waals surface area contributed by atoms with E-state index >= 15 is 0 Å². The van der Waals surface area contributed by atoms with Crippen molar-refractivity contribution in [1.29, 1.82) is 0 Å². The molecule has 0 radical (unpaired) electrons. The van der Waals surface area contributed by atoms with E-state index in [0.29, 0.717) is 4.91 Å². The highest BCUT2D eigenvalue weighted by Crippen LogP contribution is 2.49. The number of nitrogens with one attached hydrogen (secondary N) is 1. The maximum absolute atomic E-state index is 12.0. The van der Waals surface area contributed by atoms with E-state index < -0.39 is 0 Å². The summed E-state index contributed by atoms with van der Waals surface area (Å²) in [5.74, 6) is -0.350. The molecule has 0 saturated heterocycles. The summed E-state index contributed by atoms with van der Waals surface area (Å²) in [6, 6.07) is 8.94. The summed E-state index contributed by atoms with van der Waals surface area (Å²) in [6.45, 7) is 6.66. The second-order valence-corrected chi connectivity index (χ2v) is 12.2. The predicted molar refractivity (Wildman–Crippen MR) is 147 cm³/mol. The van der Waals surface area contributed by atoms with Crippen LogP contribution in [0.2, 0.25) is 0 Å². The number of hydrogen-bond acceptors (Lipinski definition) is 6. The SMILES string of the molecule is Cn1cc(-c2cc3ncnc(-c4ccc5c(c4)CCCC5N4C=C(C(N)=O)SC4C(C)(C)C)c3[nH]2)cn1. The molecule has 9 heteroatoms. The average Bonchev–Trinajstić information content (AvgIpc) is 3.60. The first-order chi connectivity index (χ1) is 17.7. The van der Waals surface area contributed by atoms with E-state index in [9.17, 15) is 4.79 Å². The highest BCUT2D eigenvalue weighted by Gasteiger charge is 2.41. The number of rotatable bonds is 4. The molecule has 0 fully saturated rings. The average molecular weight is 514 g/mol. The van der Waals surface area contributed by atoms with E-state index in [2.05, 4.69) is 63.9 Å². The van der Waals surface area contributed by atoms with Gasteiger partial charge in [0.25, 0.3) is 5.91 Å². The molecule has 37 heavy (non-hydrogen) atoms. The van der Waals surface area contributed by atoms with Gasteiger partial charge in [-0.3, -0.25) is 9.48 Å². The molecule has 2 aliphatic rings. The van der Waals surface area contributed by atoms with Gasteiger partial charge in [0.15, 0.2) is 0 Å². The first-order valence-electron chi connectivity index (χ1n) is 12.6. The summed E-state index contributed by atoms with van der Waals surface area (Å²) in [7, 11) is 1.91. The Hall–Kier alpha value is -3.59. The van der Waals surface area contributed by atoms with Crippen molar-refractivity contribution in [2.24, 2.45) is 18.2 Å². The molecular formula is C28H31N7OS. The van der Waals surface area contributed by atoms with Gasteiger partial charge in [-0.15, -0.1) is 0 Å². The molecule has 2 atom stereocenters. The largest absolute Gasteiger partial charge is 0.365 e. The Labute approximate surface area is 220 Å². The number of nitrogens with zero attached hydrogens (tertiary/aromatic N) is 5. The third kappa shape index (κ3) is 4.21. The molecule has 3 aromatic heterocycles. The lowest BCUT2D eigenvalue weighted by Crippen LogP contribution is -2.39. The predicted octanol–water partition coefficient (Wildman–Crippen LogP) is 5.15. The lowest BCUT2D eigenvalue weighted by molar-refractivity contribution is -0.113. The van der Waals surface area contributed by atoms with Crippen molar-refractivity contribution in [3.05, 3.63) is 65.2 Å². The lowest BCUT2D eigenvalue weighted by Gasteiger charge is -2.42. The van der Waals surface area contributed by atoms with Crippen LogP contribution in [0.25, 0.3) is 33.5 Å². The van der Waals surface area contributed by atoms with Crippen molar-refractivity contribution in [2.75, 3.05) is 0 Å². The Morgan fingerprint density at radius 1 is 1.19 bits per heavy atom. The first kappa shape index (κ1) is 23.8. The normalized spacial score (nSPS) is 19.8. The number of aromatic nitrogens is 5. The van der Waals surface area contributed by atoms with Gasteiger partial charge in [0.05, 0.1) is 44.9 Å². The Morgan fingerprint density at radius 2 is 2.03 bits per heavy atom. The number of benzene rings is 1. The van der Waals surface area contributed by atoms with E-state index in [-0.39, 0.29) is 22.7 Å². The molecule has 6 rings (SSSR count). The molecule has 4 heterocycles. The first-order valence-corrected chi connectivity index (χ1v) is 13.5. The summed E-state index contributed by atoms with van der Waals surface area (Å²) in [6.07, 6.45) is 10.6. The van der Waals surface area contributed by atoms with Crippen LogP contribution < -0.4 is 5.73 Å². The van der Waals surface area contributed by atoms with Gasteiger partial charge in [-0.25, -0.2) is 9.97 Å². The molecule has 0 saturated carbocycles. The van der Waals surface area contributed by atoms with Crippen LogP contribution in [0.15, 0.2) is 54.1 Å². The number of aromatic amines is 1. The van der Waals surface area contributed by atoms with Crippen LogP contribution in [0.4, 0.5) is 0 Å². The minimum absolute atomic E-state index is 0.0118. The van der Waals surface area contributed by atoms with Crippen molar-refractivity contribution in [1.82, 2.24) is 29.6 Å². The molecule has 2 unspecified atom stereocenters. The Morgan fingerprint density at radius 3 is 2.76 bits per heavy atom. The van der Waals surface area contributed by atoms with Crippen molar-refractivity contribution in [3.8, 4) is 22.5 Å². The van der Waals surface area contributed by atoms with E-state index in [1.54, 1.807) is 22.8 Å². The molecule has 190 valence electrons. The lowest BCUT2D eigenvalue weighted by atomic mass is 9.84. The second kappa shape index (κ2) is 8.76. The van der Waals surface area contributed by atoms with Crippen LogP contribution in [0.1, 0.15) is 50.8 Å². The molecule has 1 amide bonds. The zero-order valence-corrected chi connectivity index (χ0v) is 22.3. The number of carbonyl (C=O) groups is 1. The smallest absolute Gasteiger partial charge is 0.256 e. The van der Waals surface area contributed by atoms with Gasteiger partial charge in [0.1, 0.15) is 6.33 Å². The molecule has 4 aromatic rings. The molecular weight excluding hydrogens is 482 g/mol. The maximum Gasteiger partial charge on any atom is 0.256 e. The van der Waals surface area contributed by atoms with E-state index in [0.717, 1.165) is 52.8 Å². The van der Waals surface area contributed by atoms with E-state index in [4.69, 9.17) is 5.73 Å². The number of aryl methyl sites for hydroxylation is 2. The van der Waals surface area contributed by atoms with Gasteiger partial charge < -0.3 is 15.6 Å². The zero-order chi connectivity index (χ0) is 25.9. The van der Waals surface area contributed by atoms with Crippen LogP contribution >= 0.6 is 11.8 Å². The van der Waals surface area contributed by atoms with Crippen LogP contribution in [-0.4, -0.2) is 40.9 Å². The quantitative estimate of drug-likeness (QED) is 0.391. The number of thioether (sulfide) groups is 1. The van der Waals surface area contributed by atoms with Crippen LogP contribution in [0, 0.1) is 5.41 Å². The van der Waals surface area contributed by atoms with Crippen molar-refractivity contribution < 1.29 is 4.79 Å². The standard InChI is InChI=1S/C28H31N7OS/c1-28(2,3)27-35(14-23(37-27)26(29)36)22-7-5-6-16-10-17(8-9-19(16)22)24-25-21(30-15-31-24)11-20(33-25)18-12-32-34(4)13-18/h8-15,22,27,33H,5-7H2,1-4H3,(H2,29,36). The molecule has 1 aliphatic heterocycles. The third-order valence-corrected chi connectivity index (χ3v) is 8.99. The highest BCUT2D eigenvalue weighted by molar-refractivity contribution is 8.04. The van der Waals surface area contributed by atoms with Crippen molar-refractivity contribution >= 4 is 28.7 Å². The summed E-state index contributed by atoms with van der Waals surface area (Å²) in [5, 5.41) is 4.44. The number of carbonyl (C=O) groups excluding carboxylic acids is 1. The summed E-state index contributed by atoms with van der Waals surface area (Å²) in [5.41, 5.74) is 14.1. The molecule has 8 nitrogen and oxygen atoms in total. The fourth-order valence-corrected chi connectivity index (χ4v) is 6.76. The second-order valence-electron chi connectivity index (χ2n) is 11.0. The number of nitrogens with two attached hydrogens (primary N) is 1. The van der Waals surface area contributed by atoms with Gasteiger partial charge in [0.2, 0.25) is 0 Å². The molecule has 3 N–H and O–H groups in total. The number of primary amides is 1. The van der Waals surface area contributed by atoms with Gasteiger partial charge in [-0.1, -0.05) is 44.7 Å². The van der Waals surface area contributed by atoms with Crippen molar-refractivity contribution in [2.45, 2.75) is 51.4 Å². The Kier molecular flexibility index (Phi) is 5.63. The molecule has 1 aliphatic carbocycles. The van der Waals surface area contributed by atoms with Gasteiger partial charge in [-0.2, -0.15) is 5.10 Å².